The van der Waals surface area contributed by atoms with Gasteiger partial charge in [-0.1, -0.05) is 55.7 Å². The van der Waals surface area contributed by atoms with Crippen LogP contribution in [0.1, 0.15) is 90.8 Å². The minimum absolute atomic E-state index is 0.339. The first kappa shape index (κ1) is 35.3. The SMILES string of the molecule is COc1ccc2c(c1)CC(C)(OCC1CCN(C)CC1c1ccccc1)Cn1c-2c(C2CCCCC2)c2ccc(C(=O)NS(=O)(=O)N3CCC3)cc21. The second-order valence-electron chi connectivity index (χ2n) is 15.9. The molecule has 1 saturated carbocycles. The molecule has 4 aliphatic rings. The van der Waals surface area contributed by atoms with Gasteiger partial charge < -0.3 is 18.9 Å². The van der Waals surface area contributed by atoms with Crippen molar-refractivity contribution in [1.82, 2.24) is 18.5 Å². The quantitative estimate of drug-likeness (QED) is 0.198. The van der Waals surface area contributed by atoms with E-state index in [4.69, 9.17) is 9.47 Å². The maximum Gasteiger partial charge on any atom is 0.304 e. The zero-order valence-corrected chi connectivity index (χ0v) is 31.6. The van der Waals surface area contributed by atoms with Crippen LogP contribution in [0.4, 0.5) is 0 Å². The van der Waals surface area contributed by atoms with Gasteiger partial charge in [0, 0.05) is 54.0 Å². The fraction of sp³-hybridized carbons (Fsp3) is 0.500. The van der Waals surface area contributed by atoms with E-state index in [1.54, 1.807) is 13.2 Å². The average Bonchev–Trinajstić information content (AvgIpc) is 3.35. The highest BCUT2D eigenvalue weighted by Crippen LogP contribution is 2.48. The number of carbonyl (C=O) groups is 1. The molecule has 4 aromatic rings. The standard InChI is InChI=1S/C42H52N4O5S/c1-42(51-27-32-19-22-44(2)26-37(32)29-11-6-4-7-12-29)25-33-23-34(50-3)16-18-35(33)40-39(30-13-8-5-9-14-30)36-17-15-31(24-38(36)46(40)28-42)41(47)43-52(48,49)45-20-10-21-45/h4,6-7,11-12,15-18,23-24,30,32,37H,5,8-10,13-14,19-22,25-28H2,1-3H3,(H,43,47). The number of rotatable bonds is 9. The molecule has 8 rings (SSSR count). The van der Waals surface area contributed by atoms with Crippen LogP contribution in [0.3, 0.4) is 0 Å². The number of benzene rings is 3. The Kier molecular flexibility index (Phi) is 9.70. The van der Waals surface area contributed by atoms with Gasteiger partial charge in [-0.05, 0) is 105 Å². The van der Waals surface area contributed by atoms with Crippen LogP contribution in [0.15, 0.2) is 66.7 Å². The molecule has 0 radical (unpaired) electrons. The second-order valence-corrected chi connectivity index (χ2v) is 17.6. The van der Waals surface area contributed by atoms with E-state index in [0.29, 0.717) is 56.0 Å². The van der Waals surface area contributed by atoms with Crippen LogP contribution in [0.5, 0.6) is 5.75 Å². The maximum absolute atomic E-state index is 13.6. The van der Waals surface area contributed by atoms with Gasteiger partial charge in [-0.15, -0.1) is 0 Å². The number of hydrogen-bond acceptors (Lipinski definition) is 6. The van der Waals surface area contributed by atoms with Gasteiger partial charge in [0.25, 0.3) is 5.91 Å². The van der Waals surface area contributed by atoms with Gasteiger partial charge in [-0.2, -0.15) is 12.7 Å². The molecule has 3 atom stereocenters. The van der Waals surface area contributed by atoms with Gasteiger partial charge in [-0.25, -0.2) is 4.72 Å². The summed E-state index contributed by atoms with van der Waals surface area (Å²) in [5, 5.41) is 1.13. The first-order chi connectivity index (χ1) is 25.1. The Hall–Kier alpha value is -3.70. The van der Waals surface area contributed by atoms with Crippen molar-refractivity contribution in [3.05, 3.63) is 89.0 Å². The Bertz CT molecular complexity index is 2050. The summed E-state index contributed by atoms with van der Waals surface area (Å²) in [6, 6.07) is 23.0. The number of amides is 1. The Morgan fingerprint density at radius 1 is 0.942 bits per heavy atom. The number of likely N-dealkylation sites (tertiary alicyclic amines) is 1. The molecule has 1 aliphatic carbocycles. The third kappa shape index (κ3) is 6.79. The van der Waals surface area contributed by atoms with E-state index in [1.807, 2.05) is 6.07 Å². The minimum atomic E-state index is -3.88. The summed E-state index contributed by atoms with van der Waals surface area (Å²) >= 11 is 0. The molecule has 0 spiro atoms. The molecule has 4 heterocycles. The van der Waals surface area contributed by atoms with Crippen LogP contribution in [0.2, 0.25) is 0 Å². The molecule has 1 N–H and O–H groups in total. The summed E-state index contributed by atoms with van der Waals surface area (Å²) in [6.45, 7) is 6.40. The topological polar surface area (TPSA) is 93.1 Å². The fourth-order valence-electron chi connectivity index (χ4n) is 9.26. The van der Waals surface area contributed by atoms with Crippen LogP contribution < -0.4 is 9.46 Å². The number of ether oxygens (including phenoxy) is 2. The van der Waals surface area contributed by atoms with E-state index in [2.05, 4.69) is 82.8 Å². The number of aromatic nitrogens is 1. The lowest BCUT2D eigenvalue weighted by Gasteiger charge is -2.39. The Balaban J connectivity index is 1.22. The highest BCUT2D eigenvalue weighted by molar-refractivity contribution is 7.87. The van der Waals surface area contributed by atoms with Crippen LogP contribution in [-0.4, -0.2) is 80.6 Å². The zero-order chi connectivity index (χ0) is 36.0. The third-order valence-electron chi connectivity index (χ3n) is 12.2. The molecular weight excluding hydrogens is 673 g/mol. The summed E-state index contributed by atoms with van der Waals surface area (Å²) in [7, 11) is 0.0505. The summed E-state index contributed by atoms with van der Waals surface area (Å²) in [6.07, 6.45) is 8.48. The lowest BCUT2D eigenvalue weighted by atomic mass is 9.81. The van der Waals surface area contributed by atoms with Gasteiger partial charge in [-0.3, -0.25) is 4.79 Å². The lowest BCUT2D eigenvalue weighted by molar-refractivity contribution is -0.0672. The van der Waals surface area contributed by atoms with Crippen molar-refractivity contribution < 1.29 is 22.7 Å². The predicted molar refractivity (Wildman–Crippen MR) is 205 cm³/mol. The molecule has 3 unspecified atom stereocenters. The largest absolute Gasteiger partial charge is 0.497 e. The molecule has 1 aromatic heterocycles. The molecular formula is C42H52N4O5S. The van der Waals surface area contributed by atoms with Crippen molar-refractivity contribution in [3.63, 3.8) is 0 Å². The van der Waals surface area contributed by atoms with Crippen LogP contribution >= 0.6 is 0 Å². The van der Waals surface area contributed by atoms with Crippen molar-refractivity contribution in [2.24, 2.45) is 5.92 Å². The highest BCUT2D eigenvalue weighted by Gasteiger charge is 2.39. The molecule has 9 nitrogen and oxygen atoms in total. The highest BCUT2D eigenvalue weighted by atomic mass is 32.2. The number of hydrogen-bond donors (Lipinski definition) is 1. The molecule has 276 valence electrons. The van der Waals surface area contributed by atoms with Crippen LogP contribution in [0, 0.1) is 5.92 Å². The monoisotopic (exact) mass is 724 g/mol. The normalized spacial score (nSPS) is 24.4. The van der Waals surface area contributed by atoms with Gasteiger partial charge in [0.05, 0.1) is 31.6 Å². The van der Waals surface area contributed by atoms with Gasteiger partial charge in [0.2, 0.25) is 0 Å². The smallest absolute Gasteiger partial charge is 0.304 e. The molecule has 3 aromatic carbocycles. The molecule has 2 saturated heterocycles. The number of likely N-dealkylation sites (N-methyl/N-ethyl adjacent to an activating group) is 1. The molecule has 0 bridgehead atoms. The summed E-state index contributed by atoms with van der Waals surface area (Å²) in [4.78, 5) is 16.0. The predicted octanol–water partition coefficient (Wildman–Crippen LogP) is 7.11. The van der Waals surface area contributed by atoms with Crippen molar-refractivity contribution in [3.8, 4) is 17.0 Å². The molecule has 52 heavy (non-hydrogen) atoms. The maximum atomic E-state index is 13.6. The van der Waals surface area contributed by atoms with Crippen molar-refractivity contribution in [2.75, 3.05) is 46.9 Å². The number of methoxy groups -OCH3 is 1. The van der Waals surface area contributed by atoms with Crippen LogP contribution in [0.25, 0.3) is 22.2 Å². The second kappa shape index (κ2) is 14.3. The number of carbonyl (C=O) groups excluding carboxylic acids is 1. The average molecular weight is 725 g/mol. The van der Waals surface area contributed by atoms with E-state index >= 15 is 0 Å². The Morgan fingerprint density at radius 2 is 1.73 bits per heavy atom. The van der Waals surface area contributed by atoms with Gasteiger partial charge in [0.15, 0.2) is 0 Å². The van der Waals surface area contributed by atoms with E-state index in [9.17, 15) is 13.2 Å². The molecule has 3 fully saturated rings. The van der Waals surface area contributed by atoms with Gasteiger partial charge >= 0.3 is 10.2 Å². The zero-order valence-electron chi connectivity index (χ0n) is 30.8. The van der Waals surface area contributed by atoms with Crippen molar-refractivity contribution >= 4 is 27.0 Å². The van der Waals surface area contributed by atoms with E-state index in [0.717, 1.165) is 55.4 Å². The van der Waals surface area contributed by atoms with Crippen LogP contribution in [-0.2, 0) is 27.9 Å². The molecule has 3 aliphatic heterocycles. The molecule has 1 amide bonds. The van der Waals surface area contributed by atoms with E-state index in [1.165, 1.54) is 51.5 Å². The summed E-state index contributed by atoms with van der Waals surface area (Å²) in [5.74, 6) is 1.38. The van der Waals surface area contributed by atoms with Gasteiger partial charge in [0.1, 0.15) is 5.75 Å². The summed E-state index contributed by atoms with van der Waals surface area (Å²) in [5.41, 5.74) is 6.99. The summed E-state index contributed by atoms with van der Waals surface area (Å²) < 4.78 is 44.9. The van der Waals surface area contributed by atoms with E-state index < -0.39 is 21.7 Å². The Morgan fingerprint density at radius 3 is 2.46 bits per heavy atom. The number of nitrogens with one attached hydrogen (secondary N) is 1. The van der Waals surface area contributed by atoms with Crippen molar-refractivity contribution in [2.45, 2.75) is 82.3 Å². The first-order valence-corrected chi connectivity index (χ1v) is 20.6. The first-order valence-electron chi connectivity index (χ1n) is 19.2. The number of fused-ring (bicyclic) bond motifs is 5. The fourth-order valence-corrected chi connectivity index (χ4v) is 10.5. The van der Waals surface area contributed by atoms with Crippen molar-refractivity contribution in [1.29, 1.82) is 0 Å². The minimum Gasteiger partial charge on any atom is -0.497 e. The lowest BCUT2D eigenvalue weighted by Crippen LogP contribution is -2.49. The third-order valence-corrected chi connectivity index (χ3v) is 13.7. The van der Waals surface area contributed by atoms with E-state index in [-0.39, 0.29) is 0 Å². The number of piperidine rings is 1. The Labute approximate surface area is 308 Å². The number of nitrogens with zero attached hydrogens (tertiary/aromatic N) is 3. The molecule has 10 heteroatoms.